The molecule has 252 valence electrons. The molecule has 15 atom stereocenters. The number of amides is 2. The van der Waals surface area contributed by atoms with Crippen molar-refractivity contribution >= 4 is 12.0 Å². The summed E-state index contributed by atoms with van der Waals surface area (Å²) in [5.41, 5.74) is 13.0. The number of alkyl carbamates (subject to hydrolysis) is 1. The maximum Gasteiger partial charge on any atom is 0.407 e. The molecule has 3 aliphatic heterocycles. The number of carbonyl (C=O) groups excluding carboxylic acids is 2. The first kappa shape index (κ1) is 33.8. The van der Waals surface area contributed by atoms with Crippen LogP contribution in [0.5, 0.6) is 0 Å². The molecule has 6 unspecified atom stereocenters. The summed E-state index contributed by atoms with van der Waals surface area (Å²) in [5, 5.41) is 57.9. The average molecular weight is 643 g/mol. The largest absolute Gasteiger partial charge is 0.445 e. The van der Waals surface area contributed by atoms with E-state index in [2.05, 4.69) is 10.6 Å². The fourth-order valence-electron chi connectivity index (χ4n) is 5.97. The lowest BCUT2D eigenvalue weighted by atomic mass is 9.83. The van der Waals surface area contributed by atoms with E-state index >= 15 is 0 Å². The zero-order valence-corrected chi connectivity index (χ0v) is 24.5. The van der Waals surface area contributed by atoms with Gasteiger partial charge in [0.2, 0.25) is 5.91 Å². The van der Waals surface area contributed by atoms with E-state index in [4.69, 9.17) is 39.9 Å². The molecule has 1 aromatic carbocycles. The predicted octanol–water partition coefficient (Wildman–Crippen LogP) is -4.10. The standard InChI is InChI=1S/C28H42N4O13/c1-11(34)32-14-7-13(29)22(44-26-19(36)17(30)18(35)16(9-33)42-26)20(37)23(14)45-27-21(38)25-24(43-25)15(41-27)8-31-28(39)40-10-12-5-3-2-4-6-12/h2-6,13-27,33,35-38H,7-10,29-30H2,1H3,(H,31,39)(H,32,34)/t13-,14?,15?,16?,17-,18-,19?,20?,21?,22-,23-,24-,25-,26-,27-/m1/s1. The Bertz CT molecular complexity index is 1150. The fourth-order valence-corrected chi connectivity index (χ4v) is 5.97. The molecule has 17 heteroatoms. The Morgan fingerprint density at radius 1 is 0.889 bits per heavy atom. The Morgan fingerprint density at radius 2 is 1.56 bits per heavy atom. The van der Waals surface area contributed by atoms with Gasteiger partial charge in [-0.3, -0.25) is 4.79 Å². The molecule has 1 aliphatic carbocycles. The van der Waals surface area contributed by atoms with Crippen molar-refractivity contribution in [1.29, 1.82) is 0 Å². The van der Waals surface area contributed by atoms with Crippen LogP contribution in [0.1, 0.15) is 18.9 Å². The second-order valence-corrected chi connectivity index (χ2v) is 11.7. The third kappa shape index (κ3) is 7.73. The topological polar surface area (TPSA) is 270 Å². The summed E-state index contributed by atoms with van der Waals surface area (Å²) in [4.78, 5) is 24.3. The molecule has 17 nitrogen and oxygen atoms in total. The highest BCUT2D eigenvalue weighted by molar-refractivity contribution is 5.73. The smallest absolute Gasteiger partial charge is 0.407 e. The maximum absolute atomic E-state index is 12.3. The van der Waals surface area contributed by atoms with E-state index in [-0.39, 0.29) is 19.6 Å². The predicted molar refractivity (Wildman–Crippen MR) is 150 cm³/mol. The van der Waals surface area contributed by atoms with Gasteiger partial charge in [-0.15, -0.1) is 0 Å². The number of aliphatic hydroxyl groups excluding tert-OH is 5. The van der Waals surface area contributed by atoms with Gasteiger partial charge >= 0.3 is 6.09 Å². The second kappa shape index (κ2) is 14.5. The molecule has 45 heavy (non-hydrogen) atoms. The van der Waals surface area contributed by atoms with E-state index < -0.39 is 110 Å². The first-order valence-electron chi connectivity index (χ1n) is 14.8. The number of fused-ring (bicyclic) bond motifs is 1. The van der Waals surface area contributed by atoms with Gasteiger partial charge in [0.15, 0.2) is 12.6 Å². The lowest BCUT2D eigenvalue weighted by molar-refractivity contribution is -0.316. The number of carbonyl (C=O) groups is 2. The summed E-state index contributed by atoms with van der Waals surface area (Å²) >= 11 is 0. The molecule has 0 spiro atoms. The van der Waals surface area contributed by atoms with Crippen LogP contribution in [0.3, 0.4) is 0 Å². The van der Waals surface area contributed by atoms with Crippen LogP contribution in [0, 0.1) is 0 Å². The van der Waals surface area contributed by atoms with E-state index in [1.807, 2.05) is 30.3 Å². The van der Waals surface area contributed by atoms with Crippen LogP contribution in [-0.2, 0) is 39.8 Å². The quantitative estimate of drug-likeness (QED) is 0.110. The molecule has 3 heterocycles. The van der Waals surface area contributed by atoms with Gasteiger partial charge in [0.25, 0.3) is 0 Å². The molecule has 11 N–H and O–H groups in total. The van der Waals surface area contributed by atoms with Gasteiger partial charge in [0.1, 0.15) is 67.6 Å². The van der Waals surface area contributed by atoms with E-state index in [1.54, 1.807) is 0 Å². The van der Waals surface area contributed by atoms with Crippen LogP contribution >= 0.6 is 0 Å². The van der Waals surface area contributed by atoms with Gasteiger partial charge in [0.05, 0.1) is 18.7 Å². The van der Waals surface area contributed by atoms with Crippen LogP contribution < -0.4 is 22.1 Å². The minimum Gasteiger partial charge on any atom is -0.445 e. The third-order valence-corrected chi connectivity index (χ3v) is 8.44. The van der Waals surface area contributed by atoms with Crippen molar-refractivity contribution in [3.05, 3.63) is 35.9 Å². The molecule has 2 amide bonds. The van der Waals surface area contributed by atoms with Crippen molar-refractivity contribution in [2.75, 3.05) is 13.2 Å². The molecular weight excluding hydrogens is 600 g/mol. The van der Waals surface area contributed by atoms with Crippen molar-refractivity contribution < 1.29 is 63.5 Å². The van der Waals surface area contributed by atoms with Crippen LogP contribution in [0.25, 0.3) is 0 Å². The Hall–Kier alpha value is -2.52. The lowest BCUT2D eigenvalue weighted by Gasteiger charge is -2.48. The Balaban J connectivity index is 1.23. The molecule has 0 bridgehead atoms. The number of nitrogens with two attached hydrogens (primary N) is 2. The lowest BCUT2D eigenvalue weighted by Crippen LogP contribution is -2.68. The van der Waals surface area contributed by atoms with Crippen molar-refractivity contribution in [1.82, 2.24) is 10.6 Å². The van der Waals surface area contributed by atoms with E-state index in [0.29, 0.717) is 0 Å². The average Bonchev–Trinajstić information content (AvgIpc) is 3.82. The molecule has 5 rings (SSSR count). The van der Waals surface area contributed by atoms with Crippen molar-refractivity contribution in [2.45, 2.75) is 112 Å². The second-order valence-electron chi connectivity index (χ2n) is 11.7. The zero-order chi connectivity index (χ0) is 32.4. The third-order valence-electron chi connectivity index (χ3n) is 8.44. The highest BCUT2D eigenvalue weighted by Crippen LogP contribution is 2.39. The van der Waals surface area contributed by atoms with E-state index in [1.165, 1.54) is 6.92 Å². The molecule has 4 fully saturated rings. The van der Waals surface area contributed by atoms with Crippen LogP contribution in [0.2, 0.25) is 0 Å². The summed E-state index contributed by atoms with van der Waals surface area (Å²) < 4.78 is 34.2. The molecule has 1 saturated carbocycles. The zero-order valence-electron chi connectivity index (χ0n) is 24.5. The van der Waals surface area contributed by atoms with Gasteiger partial charge in [0, 0.05) is 19.5 Å². The van der Waals surface area contributed by atoms with E-state index in [9.17, 15) is 35.1 Å². The number of hydrogen-bond acceptors (Lipinski definition) is 15. The number of aliphatic hydroxyl groups is 5. The molecule has 4 aliphatic rings. The number of nitrogens with one attached hydrogen (secondary N) is 2. The number of rotatable bonds is 10. The normalized spacial score (nSPS) is 42.7. The minimum atomic E-state index is -1.56. The van der Waals surface area contributed by atoms with Crippen molar-refractivity contribution in [2.24, 2.45) is 11.5 Å². The first-order valence-corrected chi connectivity index (χ1v) is 14.8. The van der Waals surface area contributed by atoms with Crippen LogP contribution in [-0.4, -0.2) is 142 Å². The van der Waals surface area contributed by atoms with Gasteiger partial charge in [-0.2, -0.15) is 0 Å². The molecule has 0 radical (unpaired) electrons. The summed E-state index contributed by atoms with van der Waals surface area (Å²) in [6.07, 6.45) is -14.8. The van der Waals surface area contributed by atoms with Gasteiger partial charge in [-0.25, -0.2) is 4.79 Å². The number of epoxide rings is 1. The Labute approximate surface area is 258 Å². The molecule has 3 saturated heterocycles. The number of ether oxygens (including phenoxy) is 6. The monoisotopic (exact) mass is 642 g/mol. The fraction of sp³-hybridized carbons (Fsp3) is 0.714. The Kier molecular flexibility index (Phi) is 10.9. The first-order chi connectivity index (χ1) is 21.5. The summed E-state index contributed by atoms with van der Waals surface area (Å²) in [6.45, 7) is 0.698. The molecule has 0 aromatic heterocycles. The van der Waals surface area contributed by atoms with Crippen LogP contribution in [0.4, 0.5) is 4.79 Å². The highest BCUT2D eigenvalue weighted by Gasteiger charge is 2.59. The van der Waals surface area contributed by atoms with Crippen molar-refractivity contribution in [3.63, 3.8) is 0 Å². The molecule has 1 aromatic rings. The van der Waals surface area contributed by atoms with Crippen LogP contribution in [0.15, 0.2) is 30.3 Å². The Morgan fingerprint density at radius 3 is 2.24 bits per heavy atom. The number of hydrogen-bond donors (Lipinski definition) is 9. The van der Waals surface area contributed by atoms with Gasteiger partial charge < -0.3 is 76.1 Å². The SMILES string of the molecule is CC(=O)NC1C[C@@H](N)[C@@H](O[C@H]2OC(CO)[C@@H](O)[C@@H](N)C2O)C(O)[C@@H]1O[C@H]1OC(CNC(=O)OCc2ccccc2)[C@H]2O[C@@H]2C1O. The summed E-state index contributed by atoms with van der Waals surface area (Å²) in [5.74, 6) is -0.434. The highest BCUT2D eigenvalue weighted by atomic mass is 16.7. The van der Waals surface area contributed by atoms with Crippen molar-refractivity contribution in [3.8, 4) is 0 Å². The van der Waals surface area contributed by atoms with Gasteiger partial charge in [-0.05, 0) is 12.0 Å². The molecular formula is C28H42N4O13. The minimum absolute atomic E-state index is 0.0324. The summed E-state index contributed by atoms with van der Waals surface area (Å²) in [6, 6.07) is 6.14. The summed E-state index contributed by atoms with van der Waals surface area (Å²) in [7, 11) is 0. The van der Waals surface area contributed by atoms with Gasteiger partial charge in [-0.1, -0.05) is 30.3 Å². The van der Waals surface area contributed by atoms with E-state index in [0.717, 1.165) is 5.56 Å². The number of benzene rings is 1. The maximum atomic E-state index is 12.3.